The van der Waals surface area contributed by atoms with Gasteiger partial charge >= 0.3 is 20.1 Å². The molecule has 6 rings (SSSR count). The standard InChI is InChI=1S/C21H18N.C12H10N.Ir/c1-21(2)18-12-8-7-11-16(18)17-13-14-22(3)20(19(17)21)15-9-5-4-6-10-15;1-10-6-2-3-7-11(10)12-8-4-5-9-13-12;/h4-9,11-14H,3H2,1-2H3;2-9H,1H2;/q2*-1;+3. The fourth-order valence-corrected chi connectivity index (χ4v) is 4.97. The molecule has 36 heavy (non-hydrogen) atoms. The molecule has 0 spiro atoms. The zero-order valence-corrected chi connectivity index (χ0v) is 22.9. The molecule has 0 atom stereocenters. The van der Waals surface area contributed by atoms with E-state index in [1.54, 1.807) is 6.20 Å². The van der Waals surface area contributed by atoms with Gasteiger partial charge in [-0.3, -0.25) is 4.98 Å². The van der Waals surface area contributed by atoms with Gasteiger partial charge in [0.15, 0.2) is 0 Å². The van der Waals surface area contributed by atoms with Crippen molar-refractivity contribution >= 4 is 0 Å². The molecule has 3 heteroatoms. The summed E-state index contributed by atoms with van der Waals surface area (Å²) in [5.74, 6) is 0. The van der Waals surface area contributed by atoms with Crippen LogP contribution in [0.1, 0.15) is 30.5 Å². The molecule has 1 aliphatic carbocycles. The Morgan fingerprint density at radius 3 is 2.17 bits per heavy atom. The van der Waals surface area contributed by atoms with E-state index in [9.17, 15) is 0 Å². The molecule has 0 radical (unpaired) electrons. The van der Waals surface area contributed by atoms with Crippen LogP contribution in [0.3, 0.4) is 0 Å². The van der Waals surface area contributed by atoms with Crippen LogP contribution in [0.25, 0.3) is 33.6 Å². The number of pyridine rings is 2. The second kappa shape index (κ2) is 10.5. The van der Waals surface area contributed by atoms with Gasteiger partial charge in [-0.25, -0.2) is 0 Å². The summed E-state index contributed by atoms with van der Waals surface area (Å²) in [6, 6.07) is 36.2. The molecule has 178 valence electrons. The third-order valence-corrected chi connectivity index (χ3v) is 6.65. The smallest absolute Gasteiger partial charge is 0.321 e. The van der Waals surface area contributed by atoms with Crippen LogP contribution in [-0.2, 0) is 25.5 Å². The fourth-order valence-electron chi connectivity index (χ4n) is 4.97. The molecule has 0 unspecified atom stereocenters. The summed E-state index contributed by atoms with van der Waals surface area (Å²) in [5.41, 5.74) is 10.7. The summed E-state index contributed by atoms with van der Waals surface area (Å²) in [6.07, 6.45) is 3.84. The molecule has 0 amide bonds. The molecule has 2 aromatic heterocycles. The number of rotatable bonds is 2. The monoisotopic (exact) mass is 645 g/mol. The zero-order valence-electron chi connectivity index (χ0n) is 20.5. The van der Waals surface area contributed by atoms with Gasteiger partial charge in [-0.05, 0) is 40.5 Å². The molecule has 0 aliphatic heterocycles. The first-order valence-electron chi connectivity index (χ1n) is 11.8. The van der Waals surface area contributed by atoms with Crippen molar-refractivity contribution in [2.75, 3.05) is 0 Å². The number of hydrogen-bond acceptors (Lipinski definition) is 1. The normalized spacial score (nSPS) is 12.4. The van der Waals surface area contributed by atoms with E-state index in [0.29, 0.717) is 0 Å². The second-order valence-corrected chi connectivity index (χ2v) is 9.24. The van der Waals surface area contributed by atoms with Crippen molar-refractivity contribution in [3.63, 3.8) is 0 Å². The van der Waals surface area contributed by atoms with Crippen LogP contribution in [0.5, 0.6) is 0 Å². The van der Waals surface area contributed by atoms with Crippen LogP contribution < -0.4 is 4.57 Å². The number of hydrogen-bond donors (Lipinski definition) is 0. The van der Waals surface area contributed by atoms with E-state index >= 15 is 0 Å². The molecule has 5 aromatic rings. The zero-order chi connectivity index (χ0) is 24.4. The molecule has 1 aliphatic rings. The SMILES string of the molecule is [CH2-][n+]1ccc2c(c1-c1[c-]cccc1)C(C)(C)c1ccccc1-2.[CH2-]c1ccccc1-c1ccccn1.[Ir+3]. The largest absolute Gasteiger partial charge is 3.00 e. The quantitative estimate of drug-likeness (QED) is 0.146. The summed E-state index contributed by atoms with van der Waals surface area (Å²) in [4.78, 5) is 4.27. The van der Waals surface area contributed by atoms with Crippen LogP contribution >= 0.6 is 0 Å². The van der Waals surface area contributed by atoms with Crippen LogP contribution in [0, 0.1) is 20.0 Å². The van der Waals surface area contributed by atoms with Crippen LogP contribution in [0.4, 0.5) is 0 Å². The minimum atomic E-state index is -0.0361. The van der Waals surface area contributed by atoms with Crippen LogP contribution in [0.2, 0.25) is 0 Å². The Bertz CT molecular complexity index is 1470. The summed E-state index contributed by atoms with van der Waals surface area (Å²) < 4.78 is 1.97. The summed E-state index contributed by atoms with van der Waals surface area (Å²) in [7, 11) is 4.20. The fraction of sp³-hybridized carbons (Fsp3) is 0.0909. The van der Waals surface area contributed by atoms with Crippen molar-refractivity contribution in [3.05, 3.63) is 146 Å². The molecular weight excluding hydrogens is 617 g/mol. The molecule has 0 N–H and O–H groups in total. The molecule has 0 fully saturated rings. The summed E-state index contributed by atoms with van der Waals surface area (Å²) in [6.45, 7) is 8.55. The van der Waals surface area contributed by atoms with Gasteiger partial charge in [-0.1, -0.05) is 55.8 Å². The molecule has 2 heterocycles. The van der Waals surface area contributed by atoms with E-state index in [1.807, 2.05) is 65.4 Å². The maximum atomic E-state index is 4.27. The van der Waals surface area contributed by atoms with E-state index in [1.165, 1.54) is 22.3 Å². The maximum Gasteiger partial charge on any atom is 3.00 e. The Kier molecular flexibility index (Phi) is 7.45. The molecule has 0 saturated carbocycles. The number of fused-ring (bicyclic) bond motifs is 3. The van der Waals surface area contributed by atoms with E-state index in [4.69, 9.17) is 0 Å². The maximum absolute atomic E-state index is 4.27. The third-order valence-electron chi connectivity index (χ3n) is 6.65. The molecule has 0 saturated heterocycles. The third kappa shape index (κ3) is 4.60. The number of nitrogens with zero attached hydrogens (tertiary/aromatic N) is 2. The Morgan fingerprint density at radius 2 is 1.47 bits per heavy atom. The minimum Gasteiger partial charge on any atom is -0.321 e. The van der Waals surface area contributed by atoms with E-state index < -0.39 is 0 Å². The predicted molar refractivity (Wildman–Crippen MR) is 143 cm³/mol. The van der Waals surface area contributed by atoms with Crippen molar-refractivity contribution in [1.82, 2.24) is 4.98 Å². The second-order valence-electron chi connectivity index (χ2n) is 9.24. The average Bonchev–Trinajstić information content (AvgIpc) is 3.13. The van der Waals surface area contributed by atoms with Crippen LogP contribution in [0.15, 0.2) is 109 Å². The molecule has 3 aromatic carbocycles. The van der Waals surface area contributed by atoms with Crippen molar-refractivity contribution in [3.8, 4) is 33.6 Å². The van der Waals surface area contributed by atoms with Crippen LogP contribution in [-0.4, -0.2) is 4.98 Å². The summed E-state index contributed by atoms with van der Waals surface area (Å²) in [5, 5.41) is 0. The van der Waals surface area contributed by atoms with Crippen molar-refractivity contribution in [1.29, 1.82) is 0 Å². The Balaban J connectivity index is 0.000000187. The van der Waals surface area contributed by atoms with Gasteiger partial charge in [0.1, 0.15) is 5.69 Å². The minimum absolute atomic E-state index is 0. The predicted octanol–water partition coefficient (Wildman–Crippen LogP) is 7.32. The van der Waals surface area contributed by atoms with Gasteiger partial charge in [0.25, 0.3) is 0 Å². The Labute approximate surface area is 228 Å². The van der Waals surface area contributed by atoms with E-state index in [-0.39, 0.29) is 25.5 Å². The van der Waals surface area contributed by atoms with Gasteiger partial charge in [0.2, 0.25) is 0 Å². The van der Waals surface area contributed by atoms with Crippen molar-refractivity contribution in [2.24, 2.45) is 0 Å². The molecule has 2 nitrogen and oxygen atoms in total. The Morgan fingerprint density at radius 1 is 0.778 bits per heavy atom. The van der Waals surface area contributed by atoms with Gasteiger partial charge < -0.3 is 4.57 Å². The first-order chi connectivity index (χ1) is 17.0. The number of benzene rings is 3. The van der Waals surface area contributed by atoms with Gasteiger partial charge in [0, 0.05) is 24.4 Å². The first-order valence-corrected chi connectivity index (χ1v) is 11.8. The molecular formula is C33H28IrN2+. The Hall–Kier alpha value is -3.65. The first kappa shape index (κ1) is 25.4. The van der Waals surface area contributed by atoms with Gasteiger partial charge in [-0.2, -0.15) is 18.6 Å². The molecule has 0 bridgehead atoms. The van der Waals surface area contributed by atoms with Crippen molar-refractivity contribution in [2.45, 2.75) is 19.3 Å². The van der Waals surface area contributed by atoms with Gasteiger partial charge in [0.05, 0.1) is 6.20 Å². The van der Waals surface area contributed by atoms with E-state index in [2.05, 4.69) is 81.3 Å². The van der Waals surface area contributed by atoms with Crippen molar-refractivity contribution < 1.29 is 24.7 Å². The van der Waals surface area contributed by atoms with Gasteiger partial charge in [-0.15, -0.1) is 48.0 Å². The number of aromatic nitrogens is 2. The van der Waals surface area contributed by atoms with E-state index in [0.717, 1.165) is 28.1 Å². The topological polar surface area (TPSA) is 16.8 Å². The summed E-state index contributed by atoms with van der Waals surface area (Å²) >= 11 is 0. The average molecular weight is 645 g/mol.